The largest absolute Gasteiger partial charge is 0.394 e. The van der Waals surface area contributed by atoms with Gasteiger partial charge in [0.1, 0.15) is 11.6 Å². The number of aliphatic hydroxyl groups excluding tert-OH is 1. The molecule has 3 aliphatic heterocycles. The number of ether oxygens (including phenoxy) is 1. The molecule has 3 saturated heterocycles. The summed E-state index contributed by atoms with van der Waals surface area (Å²) in [5.74, 6) is -2.34. The highest BCUT2D eigenvalue weighted by atomic mass is 16.5. The molecule has 0 aromatic heterocycles. The van der Waals surface area contributed by atoms with E-state index in [-0.39, 0.29) is 30.2 Å². The standard InChI is InChI=1S/C29H44N4O5/c1-7-15-30-25(35)22-23-27(37)33(20(8-2)17-34)24(29(23)16-18(5)28(22,6)38-29)26(36)31-19-11-13-21(14-12-19)32(9-3)10-4/h11-14,18,20,22-24,34H,7-10,15-17H2,1-6H3,(H,30,35)(H,31,36)/t18?,20-,22-,23-,24?,28+,29?/m0/s1. The molecule has 9 heteroatoms. The highest BCUT2D eigenvalue weighted by molar-refractivity contribution is 6.04. The first kappa shape index (κ1) is 28.4. The first-order chi connectivity index (χ1) is 18.1. The van der Waals surface area contributed by atoms with Crippen molar-refractivity contribution in [1.29, 1.82) is 0 Å². The second kappa shape index (κ2) is 10.8. The summed E-state index contributed by atoms with van der Waals surface area (Å²) < 4.78 is 6.72. The van der Waals surface area contributed by atoms with E-state index < -0.39 is 35.1 Å². The molecule has 9 nitrogen and oxygen atoms in total. The molecule has 4 rings (SSSR count). The zero-order valence-electron chi connectivity index (χ0n) is 23.6. The quantitative estimate of drug-likeness (QED) is 0.407. The smallest absolute Gasteiger partial charge is 0.250 e. The Morgan fingerprint density at radius 2 is 1.82 bits per heavy atom. The fraction of sp³-hybridized carbons (Fsp3) is 0.690. The molecular formula is C29H44N4O5. The normalized spacial score (nSPS) is 32.3. The van der Waals surface area contributed by atoms with Crippen molar-refractivity contribution < 1.29 is 24.2 Å². The van der Waals surface area contributed by atoms with E-state index in [0.717, 1.165) is 25.2 Å². The van der Waals surface area contributed by atoms with Crippen molar-refractivity contribution in [3.63, 3.8) is 0 Å². The number of hydrogen-bond donors (Lipinski definition) is 3. The van der Waals surface area contributed by atoms with Gasteiger partial charge in [0.05, 0.1) is 30.1 Å². The minimum Gasteiger partial charge on any atom is -0.394 e. The van der Waals surface area contributed by atoms with E-state index in [1.165, 1.54) is 4.90 Å². The molecule has 38 heavy (non-hydrogen) atoms. The number of nitrogens with one attached hydrogen (secondary N) is 2. The van der Waals surface area contributed by atoms with Crippen LogP contribution in [0.2, 0.25) is 0 Å². The molecule has 3 N–H and O–H groups in total. The van der Waals surface area contributed by atoms with Crippen LogP contribution >= 0.6 is 0 Å². The van der Waals surface area contributed by atoms with E-state index in [0.29, 0.717) is 25.1 Å². The number of fused-ring (bicyclic) bond motifs is 1. The predicted octanol–water partition coefficient (Wildman–Crippen LogP) is 2.78. The zero-order valence-corrected chi connectivity index (χ0v) is 23.6. The maximum atomic E-state index is 14.1. The lowest BCUT2D eigenvalue weighted by atomic mass is 9.62. The molecule has 3 unspecified atom stereocenters. The lowest BCUT2D eigenvalue weighted by Crippen LogP contribution is -2.56. The maximum absolute atomic E-state index is 14.1. The molecule has 210 valence electrons. The van der Waals surface area contributed by atoms with Crippen molar-refractivity contribution in [2.75, 3.05) is 36.5 Å². The molecular weight excluding hydrogens is 484 g/mol. The number of anilines is 2. The summed E-state index contributed by atoms with van der Waals surface area (Å²) in [6.45, 7) is 14.0. The van der Waals surface area contributed by atoms with Crippen LogP contribution in [0.5, 0.6) is 0 Å². The Morgan fingerprint density at radius 1 is 1.16 bits per heavy atom. The van der Waals surface area contributed by atoms with Gasteiger partial charge in [-0.1, -0.05) is 20.8 Å². The number of amides is 3. The third-order valence-corrected chi connectivity index (χ3v) is 9.17. The number of carbonyl (C=O) groups is 3. The van der Waals surface area contributed by atoms with E-state index in [1.807, 2.05) is 52.0 Å². The lowest BCUT2D eigenvalue weighted by molar-refractivity contribution is -0.149. The first-order valence-electron chi connectivity index (χ1n) is 14.2. The number of rotatable bonds is 11. The van der Waals surface area contributed by atoms with Crippen molar-refractivity contribution in [3.8, 4) is 0 Å². The number of likely N-dealkylation sites (tertiary alicyclic amines) is 1. The second-order valence-electron chi connectivity index (χ2n) is 11.2. The minimum absolute atomic E-state index is 0.0262. The van der Waals surface area contributed by atoms with Gasteiger partial charge in [0, 0.05) is 31.0 Å². The summed E-state index contributed by atoms with van der Waals surface area (Å²) in [5.41, 5.74) is -0.294. The van der Waals surface area contributed by atoms with E-state index in [4.69, 9.17) is 4.74 Å². The van der Waals surface area contributed by atoms with Gasteiger partial charge in [0.2, 0.25) is 17.7 Å². The molecule has 1 aromatic carbocycles. The fourth-order valence-electron chi connectivity index (χ4n) is 7.10. The van der Waals surface area contributed by atoms with E-state index in [9.17, 15) is 19.5 Å². The molecule has 3 fully saturated rings. The van der Waals surface area contributed by atoms with Gasteiger partial charge in [-0.25, -0.2) is 0 Å². The Kier molecular flexibility index (Phi) is 8.09. The van der Waals surface area contributed by atoms with Gasteiger partial charge >= 0.3 is 0 Å². The fourth-order valence-corrected chi connectivity index (χ4v) is 7.10. The molecule has 1 spiro atoms. The van der Waals surface area contributed by atoms with Crippen LogP contribution in [0.1, 0.15) is 60.8 Å². The number of aliphatic hydroxyl groups is 1. The highest BCUT2D eigenvalue weighted by Gasteiger charge is 2.80. The van der Waals surface area contributed by atoms with Crippen LogP contribution in [0.3, 0.4) is 0 Å². The van der Waals surface area contributed by atoms with Crippen LogP contribution in [0, 0.1) is 17.8 Å². The van der Waals surface area contributed by atoms with Crippen molar-refractivity contribution in [2.24, 2.45) is 17.8 Å². The average Bonchev–Trinajstić information content (AvgIpc) is 3.42. The molecule has 3 heterocycles. The molecule has 7 atom stereocenters. The van der Waals surface area contributed by atoms with Gasteiger partial charge in [-0.05, 0) is 70.2 Å². The van der Waals surface area contributed by atoms with Crippen LogP contribution in [-0.2, 0) is 19.1 Å². The van der Waals surface area contributed by atoms with Crippen LogP contribution in [0.4, 0.5) is 11.4 Å². The van der Waals surface area contributed by atoms with Crippen LogP contribution in [0.25, 0.3) is 0 Å². The lowest BCUT2D eigenvalue weighted by Gasteiger charge is -2.36. The SMILES string of the molecule is CCCNC(=O)[C@@H]1[C@H]2C(=O)N([C@@H](CC)CO)C(C(=O)Nc3ccc(N(CC)CC)cc3)C23CC(C)[C@@]1(C)O3. The van der Waals surface area contributed by atoms with Gasteiger partial charge in [-0.2, -0.15) is 0 Å². The van der Waals surface area contributed by atoms with Crippen LogP contribution < -0.4 is 15.5 Å². The zero-order chi connectivity index (χ0) is 27.8. The Labute approximate surface area is 226 Å². The number of hydrogen-bond acceptors (Lipinski definition) is 6. The topological polar surface area (TPSA) is 111 Å². The predicted molar refractivity (Wildman–Crippen MR) is 147 cm³/mol. The van der Waals surface area contributed by atoms with Crippen molar-refractivity contribution in [3.05, 3.63) is 24.3 Å². The van der Waals surface area contributed by atoms with Gasteiger partial charge in [0.25, 0.3) is 0 Å². The van der Waals surface area contributed by atoms with E-state index in [2.05, 4.69) is 29.4 Å². The summed E-state index contributed by atoms with van der Waals surface area (Å²) >= 11 is 0. The van der Waals surface area contributed by atoms with E-state index in [1.54, 1.807) is 0 Å². The molecule has 3 amide bonds. The summed E-state index contributed by atoms with van der Waals surface area (Å²) in [5, 5.41) is 16.2. The third-order valence-electron chi connectivity index (χ3n) is 9.17. The second-order valence-corrected chi connectivity index (χ2v) is 11.2. The number of carbonyl (C=O) groups excluding carboxylic acids is 3. The number of nitrogens with zero attached hydrogens (tertiary/aromatic N) is 2. The average molecular weight is 529 g/mol. The molecule has 0 saturated carbocycles. The van der Waals surface area contributed by atoms with Gasteiger partial charge < -0.3 is 30.3 Å². The first-order valence-corrected chi connectivity index (χ1v) is 14.2. The Bertz CT molecular complexity index is 1040. The summed E-state index contributed by atoms with van der Waals surface area (Å²) in [6, 6.07) is 6.17. The Morgan fingerprint density at radius 3 is 2.37 bits per heavy atom. The molecule has 3 aliphatic rings. The van der Waals surface area contributed by atoms with Crippen molar-refractivity contribution in [1.82, 2.24) is 10.2 Å². The highest BCUT2D eigenvalue weighted by Crippen LogP contribution is 2.65. The Balaban J connectivity index is 1.71. The Hall–Kier alpha value is -2.65. The van der Waals surface area contributed by atoms with Gasteiger partial charge in [-0.3, -0.25) is 14.4 Å². The number of benzene rings is 1. The van der Waals surface area contributed by atoms with Crippen molar-refractivity contribution in [2.45, 2.75) is 84.1 Å². The summed E-state index contributed by atoms with van der Waals surface area (Å²) in [7, 11) is 0. The van der Waals surface area contributed by atoms with Crippen LogP contribution in [-0.4, -0.2) is 77.3 Å². The van der Waals surface area contributed by atoms with Gasteiger partial charge in [-0.15, -0.1) is 0 Å². The molecule has 1 aromatic rings. The monoisotopic (exact) mass is 528 g/mol. The maximum Gasteiger partial charge on any atom is 0.250 e. The summed E-state index contributed by atoms with van der Waals surface area (Å²) in [6.07, 6.45) is 1.75. The molecule has 2 bridgehead atoms. The minimum atomic E-state index is -1.13. The van der Waals surface area contributed by atoms with E-state index >= 15 is 0 Å². The van der Waals surface area contributed by atoms with Crippen molar-refractivity contribution >= 4 is 29.1 Å². The summed E-state index contributed by atoms with van der Waals surface area (Å²) in [4.78, 5) is 45.3. The van der Waals surface area contributed by atoms with Crippen LogP contribution in [0.15, 0.2) is 24.3 Å². The third kappa shape index (κ3) is 4.28. The molecule has 0 radical (unpaired) electrons. The molecule has 0 aliphatic carbocycles. The van der Waals surface area contributed by atoms with Gasteiger partial charge in [0.15, 0.2) is 0 Å².